The van der Waals surface area contributed by atoms with Crippen molar-refractivity contribution in [2.24, 2.45) is 0 Å². The van der Waals surface area contributed by atoms with Crippen LogP contribution in [0.3, 0.4) is 0 Å². The van der Waals surface area contributed by atoms with Crippen LogP contribution in [-0.4, -0.2) is 56.1 Å². The Kier molecular flexibility index (Phi) is 5.37. The SMILES string of the molecule is COc1cccc(OC)c1C(=O)N1CCN(Cc2cccs2)CC1. The second-order valence-electron chi connectivity index (χ2n) is 5.69. The van der Waals surface area contributed by atoms with Crippen molar-refractivity contribution >= 4 is 17.2 Å². The van der Waals surface area contributed by atoms with E-state index >= 15 is 0 Å². The zero-order chi connectivity index (χ0) is 16.9. The molecular weight excluding hydrogens is 324 g/mol. The highest BCUT2D eigenvalue weighted by atomic mass is 32.1. The smallest absolute Gasteiger partial charge is 0.261 e. The zero-order valence-corrected chi connectivity index (χ0v) is 14.8. The maximum Gasteiger partial charge on any atom is 0.261 e. The van der Waals surface area contributed by atoms with E-state index in [0.29, 0.717) is 30.2 Å². The number of nitrogens with zero attached hydrogens (tertiary/aromatic N) is 2. The maximum atomic E-state index is 12.9. The van der Waals surface area contributed by atoms with Crippen molar-refractivity contribution in [3.63, 3.8) is 0 Å². The topological polar surface area (TPSA) is 42.0 Å². The number of ether oxygens (including phenoxy) is 2. The lowest BCUT2D eigenvalue weighted by atomic mass is 10.1. The van der Waals surface area contributed by atoms with Crippen LogP contribution >= 0.6 is 11.3 Å². The zero-order valence-electron chi connectivity index (χ0n) is 14.0. The van der Waals surface area contributed by atoms with Crippen LogP contribution in [0.5, 0.6) is 11.5 Å². The van der Waals surface area contributed by atoms with Gasteiger partial charge in [0.25, 0.3) is 5.91 Å². The molecule has 1 aliphatic rings. The molecule has 1 aromatic heterocycles. The predicted octanol–water partition coefficient (Wildman–Crippen LogP) is 2.72. The van der Waals surface area contributed by atoms with Crippen molar-refractivity contribution in [3.05, 3.63) is 46.2 Å². The quantitative estimate of drug-likeness (QED) is 0.835. The Bertz CT molecular complexity index is 657. The molecule has 1 aliphatic heterocycles. The lowest BCUT2D eigenvalue weighted by Crippen LogP contribution is -2.48. The molecule has 2 heterocycles. The molecule has 0 saturated carbocycles. The average molecular weight is 346 g/mol. The Morgan fingerprint density at radius 3 is 2.25 bits per heavy atom. The molecule has 1 aromatic carbocycles. The molecule has 3 rings (SSSR count). The van der Waals surface area contributed by atoms with E-state index < -0.39 is 0 Å². The van der Waals surface area contributed by atoms with Gasteiger partial charge in [0, 0.05) is 37.6 Å². The minimum atomic E-state index is -0.0277. The molecule has 24 heavy (non-hydrogen) atoms. The fourth-order valence-electron chi connectivity index (χ4n) is 2.95. The van der Waals surface area contributed by atoms with Crippen molar-refractivity contribution in [2.45, 2.75) is 6.54 Å². The molecule has 128 valence electrons. The number of methoxy groups -OCH3 is 2. The third kappa shape index (κ3) is 3.55. The van der Waals surface area contributed by atoms with Gasteiger partial charge in [-0.25, -0.2) is 0 Å². The number of hydrogen-bond acceptors (Lipinski definition) is 5. The second kappa shape index (κ2) is 7.68. The Balaban J connectivity index is 1.67. The number of carbonyl (C=O) groups excluding carboxylic acids is 1. The van der Waals surface area contributed by atoms with Gasteiger partial charge in [0.1, 0.15) is 17.1 Å². The molecule has 0 atom stereocenters. The minimum Gasteiger partial charge on any atom is -0.496 e. The first kappa shape index (κ1) is 16.8. The summed E-state index contributed by atoms with van der Waals surface area (Å²) in [4.78, 5) is 18.6. The lowest BCUT2D eigenvalue weighted by Gasteiger charge is -2.34. The minimum absolute atomic E-state index is 0.0277. The van der Waals surface area contributed by atoms with E-state index in [2.05, 4.69) is 22.4 Å². The highest BCUT2D eigenvalue weighted by Crippen LogP contribution is 2.30. The Hall–Kier alpha value is -2.05. The van der Waals surface area contributed by atoms with E-state index in [0.717, 1.165) is 19.6 Å². The van der Waals surface area contributed by atoms with Crippen molar-refractivity contribution in [1.82, 2.24) is 9.80 Å². The summed E-state index contributed by atoms with van der Waals surface area (Å²) in [5.41, 5.74) is 0.509. The van der Waals surface area contributed by atoms with Crippen LogP contribution in [0.1, 0.15) is 15.2 Å². The van der Waals surface area contributed by atoms with Gasteiger partial charge in [-0.2, -0.15) is 0 Å². The van der Waals surface area contributed by atoms with Crippen LogP contribution in [-0.2, 0) is 6.54 Å². The highest BCUT2D eigenvalue weighted by Gasteiger charge is 2.27. The van der Waals surface area contributed by atoms with E-state index in [1.54, 1.807) is 37.7 Å². The van der Waals surface area contributed by atoms with Crippen molar-refractivity contribution in [2.75, 3.05) is 40.4 Å². The summed E-state index contributed by atoms with van der Waals surface area (Å²) in [6.45, 7) is 4.14. The first-order valence-electron chi connectivity index (χ1n) is 7.98. The molecule has 2 aromatic rings. The second-order valence-corrected chi connectivity index (χ2v) is 6.72. The Labute approximate surface area is 146 Å². The summed E-state index contributed by atoms with van der Waals surface area (Å²) in [6, 6.07) is 9.65. The predicted molar refractivity (Wildman–Crippen MR) is 95.0 cm³/mol. The summed E-state index contributed by atoms with van der Waals surface area (Å²) in [7, 11) is 3.15. The standard InChI is InChI=1S/C18H22N2O3S/c1-22-15-6-3-7-16(23-2)17(15)18(21)20-10-8-19(9-11-20)13-14-5-4-12-24-14/h3-7,12H,8-11,13H2,1-2H3. The first-order chi connectivity index (χ1) is 11.7. The normalized spacial score (nSPS) is 15.3. The number of thiophene rings is 1. The lowest BCUT2D eigenvalue weighted by molar-refractivity contribution is 0.0623. The van der Waals surface area contributed by atoms with Crippen molar-refractivity contribution in [1.29, 1.82) is 0 Å². The number of amides is 1. The molecule has 5 nitrogen and oxygen atoms in total. The fourth-order valence-corrected chi connectivity index (χ4v) is 3.70. The third-order valence-electron chi connectivity index (χ3n) is 4.26. The molecule has 1 saturated heterocycles. The molecule has 0 radical (unpaired) electrons. The van der Waals surface area contributed by atoms with Gasteiger partial charge in [0.15, 0.2) is 0 Å². The van der Waals surface area contributed by atoms with Gasteiger partial charge in [-0.05, 0) is 23.6 Å². The number of carbonyl (C=O) groups is 1. The largest absolute Gasteiger partial charge is 0.496 e. The van der Waals surface area contributed by atoms with Gasteiger partial charge in [-0.15, -0.1) is 11.3 Å². The van der Waals surface area contributed by atoms with Crippen molar-refractivity contribution in [3.8, 4) is 11.5 Å². The van der Waals surface area contributed by atoms with Gasteiger partial charge < -0.3 is 14.4 Å². The molecular formula is C18H22N2O3S. The van der Waals surface area contributed by atoms with Gasteiger partial charge in [-0.1, -0.05) is 12.1 Å². The fraction of sp³-hybridized carbons (Fsp3) is 0.389. The molecule has 1 fully saturated rings. The molecule has 1 amide bonds. The van der Waals surface area contributed by atoms with E-state index in [1.165, 1.54) is 4.88 Å². The van der Waals surface area contributed by atoms with Crippen LogP contribution in [0.2, 0.25) is 0 Å². The van der Waals surface area contributed by atoms with Crippen LogP contribution < -0.4 is 9.47 Å². The number of rotatable bonds is 5. The monoisotopic (exact) mass is 346 g/mol. The van der Waals surface area contributed by atoms with Gasteiger partial charge in [0.2, 0.25) is 0 Å². The van der Waals surface area contributed by atoms with Crippen LogP contribution in [0.25, 0.3) is 0 Å². The van der Waals surface area contributed by atoms with E-state index in [9.17, 15) is 4.79 Å². The molecule has 0 aliphatic carbocycles. The van der Waals surface area contributed by atoms with Gasteiger partial charge >= 0.3 is 0 Å². The van der Waals surface area contributed by atoms with E-state index in [-0.39, 0.29) is 5.91 Å². The summed E-state index contributed by atoms with van der Waals surface area (Å²) in [6.07, 6.45) is 0. The highest BCUT2D eigenvalue weighted by molar-refractivity contribution is 7.09. The average Bonchev–Trinajstić information content (AvgIpc) is 3.14. The van der Waals surface area contributed by atoms with Crippen LogP contribution in [0.15, 0.2) is 35.7 Å². The Morgan fingerprint density at radius 2 is 1.71 bits per heavy atom. The Morgan fingerprint density at radius 1 is 1.04 bits per heavy atom. The third-order valence-corrected chi connectivity index (χ3v) is 5.12. The van der Waals surface area contributed by atoms with Crippen LogP contribution in [0.4, 0.5) is 0 Å². The number of hydrogen-bond donors (Lipinski definition) is 0. The molecule has 0 spiro atoms. The summed E-state index contributed by atoms with van der Waals surface area (Å²) in [5.74, 6) is 1.08. The van der Waals surface area contributed by atoms with E-state index in [4.69, 9.17) is 9.47 Å². The maximum absolute atomic E-state index is 12.9. The molecule has 6 heteroatoms. The molecule has 0 unspecified atom stereocenters. The molecule has 0 N–H and O–H groups in total. The first-order valence-corrected chi connectivity index (χ1v) is 8.86. The number of piperazine rings is 1. The number of benzene rings is 1. The summed E-state index contributed by atoms with van der Waals surface area (Å²) in [5, 5.41) is 2.10. The van der Waals surface area contributed by atoms with Crippen LogP contribution in [0, 0.1) is 0 Å². The van der Waals surface area contributed by atoms with Gasteiger partial charge in [-0.3, -0.25) is 9.69 Å². The van der Waals surface area contributed by atoms with E-state index in [1.807, 2.05) is 11.0 Å². The molecule has 0 bridgehead atoms. The summed E-state index contributed by atoms with van der Waals surface area (Å²) >= 11 is 1.78. The summed E-state index contributed by atoms with van der Waals surface area (Å²) < 4.78 is 10.7. The van der Waals surface area contributed by atoms with Gasteiger partial charge in [0.05, 0.1) is 14.2 Å². The van der Waals surface area contributed by atoms with Crippen molar-refractivity contribution < 1.29 is 14.3 Å².